The Morgan fingerprint density at radius 2 is 1.83 bits per heavy atom. The maximum Gasteiger partial charge on any atom is 0.335 e. The Hall–Kier alpha value is -2.64. The van der Waals surface area contributed by atoms with Crippen molar-refractivity contribution in [2.24, 2.45) is 0 Å². The average Bonchev–Trinajstić information content (AvgIpc) is 2.70. The van der Waals surface area contributed by atoms with E-state index in [0.29, 0.717) is 19.6 Å². The maximum absolute atomic E-state index is 13.1. The summed E-state index contributed by atoms with van der Waals surface area (Å²) < 4.78 is 18.7. The molecule has 160 valence electrons. The molecule has 1 fully saturated rings. The van der Waals surface area contributed by atoms with Crippen LogP contribution in [0.3, 0.4) is 0 Å². The number of rotatable bonds is 6. The zero-order valence-electron chi connectivity index (χ0n) is 16.8. The van der Waals surface area contributed by atoms with Crippen molar-refractivity contribution in [1.29, 1.82) is 0 Å². The highest BCUT2D eigenvalue weighted by Gasteiger charge is 2.32. The van der Waals surface area contributed by atoms with E-state index in [1.165, 1.54) is 30.3 Å². The number of carbonyl (C=O) groups is 2. The van der Waals surface area contributed by atoms with Crippen LogP contribution in [0.15, 0.2) is 42.5 Å². The molecule has 0 radical (unpaired) electrons. The van der Waals surface area contributed by atoms with E-state index in [4.69, 9.17) is 21.4 Å². The summed E-state index contributed by atoms with van der Waals surface area (Å²) in [6.45, 7) is 5.79. The van der Waals surface area contributed by atoms with Crippen LogP contribution in [0.25, 0.3) is 0 Å². The predicted molar refractivity (Wildman–Crippen MR) is 111 cm³/mol. The van der Waals surface area contributed by atoms with Crippen LogP contribution >= 0.6 is 11.6 Å². The van der Waals surface area contributed by atoms with E-state index in [2.05, 4.69) is 11.8 Å². The molecular formula is C22H24ClFN2O4. The number of carboxylic acid groups (broad SMARTS) is 1. The predicted octanol–water partition coefficient (Wildman–Crippen LogP) is 3.68. The van der Waals surface area contributed by atoms with Gasteiger partial charge in [-0.3, -0.25) is 9.69 Å². The van der Waals surface area contributed by atoms with Crippen LogP contribution in [0.1, 0.15) is 29.8 Å². The highest BCUT2D eigenvalue weighted by atomic mass is 35.5. The summed E-state index contributed by atoms with van der Waals surface area (Å²) in [4.78, 5) is 27.8. The minimum atomic E-state index is -1.08. The molecule has 6 nitrogen and oxygen atoms in total. The smallest absolute Gasteiger partial charge is 0.335 e. The Morgan fingerprint density at radius 1 is 1.13 bits per heavy atom. The Balaban J connectivity index is 1.57. The molecule has 1 amide bonds. The molecule has 0 unspecified atom stereocenters. The molecule has 0 aromatic heterocycles. The molecule has 1 heterocycles. The number of nitrogens with zero attached hydrogens (tertiary/aromatic N) is 2. The Morgan fingerprint density at radius 3 is 2.47 bits per heavy atom. The van der Waals surface area contributed by atoms with Gasteiger partial charge in [-0.15, -0.1) is 0 Å². The van der Waals surface area contributed by atoms with E-state index in [9.17, 15) is 14.0 Å². The van der Waals surface area contributed by atoms with Crippen molar-refractivity contribution in [2.75, 3.05) is 19.7 Å². The summed E-state index contributed by atoms with van der Waals surface area (Å²) in [5, 5.41) is 9.13. The number of hydrogen-bond acceptors (Lipinski definition) is 4. The van der Waals surface area contributed by atoms with Crippen molar-refractivity contribution < 1.29 is 23.8 Å². The first-order chi connectivity index (χ1) is 14.2. The van der Waals surface area contributed by atoms with E-state index in [1.807, 2.05) is 6.92 Å². The zero-order chi connectivity index (χ0) is 21.8. The Labute approximate surface area is 179 Å². The topological polar surface area (TPSA) is 70.1 Å². The van der Waals surface area contributed by atoms with Crippen LogP contribution < -0.4 is 4.74 Å². The summed E-state index contributed by atoms with van der Waals surface area (Å²) in [6.07, 6.45) is 0. The molecule has 0 bridgehead atoms. The molecule has 1 aliphatic heterocycles. The SMILES string of the molecule is C[C@@H]1CN(Cc2ccc(F)cc2)[C@@H](C)CN1C(=O)COc1ccc(C(=O)O)cc1Cl. The lowest BCUT2D eigenvalue weighted by Crippen LogP contribution is -2.58. The molecular weight excluding hydrogens is 411 g/mol. The summed E-state index contributed by atoms with van der Waals surface area (Å²) in [5.41, 5.74) is 1.08. The molecule has 0 spiro atoms. The second kappa shape index (κ2) is 9.45. The van der Waals surface area contributed by atoms with Gasteiger partial charge in [-0.2, -0.15) is 0 Å². The van der Waals surface area contributed by atoms with Crippen molar-refractivity contribution in [3.05, 3.63) is 64.4 Å². The molecule has 0 saturated carbocycles. The number of aromatic carboxylic acids is 1. The number of benzene rings is 2. The van der Waals surface area contributed by atoms with Gasteiger partial charge in [0.2, 0.25) is 0 Å². The van der Waals surface area contributed by atoms with E-state index >= 15 is 0 Å². The van der Waals surface area contributed by atoms with Crippen molar-refractivity contribution in [1.82, 2.24) is 9.80 Å². The van der Waals surface area contributed by atoms with E-state index in [0.717, 1.165) is 5.56 Å². The van der Waals surface area contributed by atoms with Crippen LogP contribution in [0.5, 0.6) is 5.75 Å². The number of carboxylic acids is 1. The van der Waals surface area contributed by atoms with E-state index in [-0.39, 0.29) is 46.8 Å². The highest BCUT2D eigenvalue weighted by molar-refractivity contribution is 6.32. The molecule has 2 aromatic carbocycles. The third-order valence-corrected chi connectivity index (χ3v) is 5.56. The molecule has 3 rings (SSSR count). The van der Waals surface area contributed by atoms with Gasteiger partial charge in [0.15, 0.2) is 6.61 Å². The van der Waals surface area contributed by atoms with Gasteiger partial charge in [-0.25, -0.2) is 9.18 Å². The number of hydrogen-bond donors (Lipinski definition) is 1. The first-order valence-electron chi connectivity index (χ1n) is 9.68. The van der Waals surface area contributed by atoms with Crippen LogP contribution in [0.4, 0.5) is 4.39 Å². The Bertz CT molecular complexity index is 922. The molecule has 1 N–H and O–H groups in total. The van der Waals surface area contributed by atoms with Gasteiger partial charge < -0.3 is 14.7 Å². The van der Waals surface area contributed by atoms with Gasteiger partial charge in [-0.1, -0.05) is 23.7 Å². The first kappa shape index (κ1) is 22.1. The Kier molecular flexibility index (Phi) is 6.95. The summed E-state index contributed by atoms with van der Waals surface area (Å²) >= 11 is 6.06. The van der Waals surface area contributed by atoms with Gasteiger partial charge >= 0.3 is 5.97 Å². The standard InChI is InChI=1S/C22H24ClFN2O4/c1-14-11-26(15(2)10-25(14)12-16-3-6-18(24)7-4-16)21(27)13-30-20-8-5-17(22(28)29)9-19(20)23/h3-9,14-15H,10-13H2,1-2H3,(H,28,29)/t14-,15+/m0/s1. The normalized spacial score (nSPS) is 19.5. The van der Waals surface area contributed by atoms with Gasteiger partial charge in [-0.05, 0) is 49.7 Å². The molecule has 1 saturated heterocycles. The molecule has 2 atom stereocenters. The average molecular weight is 435 g/mol. The molecule has 8 heteroatoms. The minimum Gasteiger partial charge on any atom is -0.482 e. The highest BCUT2D eigenvalue weighted by Crippen LogP contribution is 2.26. The fraction of sp³-hybridized carbons (Fsp3) is 0.364. The minimum absolute atomic E-state index is 0.0115. The van der Waals surface area contributed by atoms with Crippen LogP contribution in [-0.4, -0.2) is 58.6 Å². The number of carbonyl (C=O) groups excluding carboxylic acids is 1. The van der Waals surface area contributed by atoms with E-state index < -0.39 is 5.97 Å². The van der Waals surface area contributed by atoms with Gasteiger partial charge in [0.25, 0.3) is 5.91 Å². The molecule has 30 heavy (non-hydrogen) atoms. The van der Waals surface area contributed by atoms with Crippen LogP contribution in [0.2, 0.25) is 5.02 Å². The van der Waals surface area contributed by atoms with Crippen LogP contribution in [-0.2, 0) is 11.3 Å². The summed E-state index contributed by atoms with van der Waals surface area (Å²) in [5.74, 6) is -1.23. The molecule has 1 aliphatic rings. The quantitative estimate of drug-likeness (QED) is 0.751. The van der Waals surface area contributed by atoms with Gasteiger partial charge in [0.1, 0.15) is 11.6 Å². The fourth-order valence-corrected chi connectivity index (χ4v) is 3.80. The summed E-state index contributed by atoms with van der Waals surface area (Å²) in [7, 11) is 0. The largest absolute Gasteiger partial charge is 0.482 e. The fourth-order valence-electron chi connectivity index (χ4n) is 3.56. The maximum atomic E-state index is 13.1. The lowest BCUT2D eigenvalue weighted by Gasteiger charge is -2.44. The lowest BCUT2D eigenvalue weighted by atomic mass is 10.1. The van der Waals surface area contributed by atoms with Gasteiger partial charge in [0, 0.05) is 31.7 Å². The number of amides is 1. The van der Waals surface area contributed by atoms with Gasteiger partial charge in [0.05, 0.1) is 10.6 Å². The zero-order valence-corrected chi connectivity index (χ0v) is 17.6. The van der Waals surface area contributed by atoms with Crippen molar-refractivity contribution in [3.63, 3.8) is 0 Å². The van der Waals surface area contributed by atoms with Crippen LogP contribution in [0, 0.1) is 5.82 Å². The van der Waals surface area contributed by atoms with Crippen molar-refractivity contribution >= 4 is 23.5 Å². The first-order valence-corrected chi connectivity index (χ1v) is 10.1. The second-order valence-electron chi connectivity index (χ2n) is 7.54. The molecule has 0 aliphatic carbocycles. The second-order valence-corrected chi connectivity index (χ2v) is 7.95. The van der Waals surface area contributed by atoms with Crippen molar-refractivity contribution in [3.8, 4) is 5.75 Å². The monoisotopic (exact) mass is 434 g/mol. The number of ether oxygens (including phenoxy) is 1. The third kappa shape index (κ3) is 5.29. The third-order valence-electron chi connectivity index (χ3n) is 5.26. The number of piperazine rings is 1. The van der Waals surface area contributed by atoms with E-state index in [1.54, 1.807) is 17.0 Å². The molecule has 2 aromatic rings. The number of halogens is 2. The lowest BCUT2D eigenvalue weighted by molar-refractivity contribution is -0.139. The summed E-state index contributed by atoms with van der Waals surface area (Å²) in [6, 6.07) is 10.7. The van der Waals surface area contributed by atoms with Crippen molar-refractivity contribution in [2.45, 2.75) is 32.5 Å².